The summed E-state index contributed by atoms with van der Waals surface area (Å²) in [5.74, 6) is -0.161. The fourth-order valence-corrected chi connectivity index (χ4v) is 4.46. The van der Waals surface area contributed by atoms with Gasteiger partial charge in [-0.15, -0.1) is 0 Å². The lowest BCUT2D eigenvalue weighted by molar-refractivity contribution is -0.122. The smallest absolute Gasteiger partial charge is 0.244 e. The predicted octanol–water partition coefficient (Wildman–Crippen LogP) is 2.82. The quantitative estimate of drug-likeness (QED) is 0.487. The number of sulfonamides is 1. The number of methoxy groups -OCH3 is 1. The van der Waals surface area contributed by atoms with Gasteiger partial charge in [-0.1, -0.05) is 36.4 Å². The molecule has 170 valence electrons. The van der Waals surface area contributed by atoms with E-state index in [4.69, 9.17) is 9.47 Å². The number of amides is 1. The molecule has 0 fully saturated rings. The predicted molar refractivity (Wildman–Crippen MR) is 121 cm³/mol. The molecule has 8 heteroatoms. The van der Waals surface area contributed by atoms with Gasteiger partial charge in [0.05, 0.1) is 13.2 Å². The number of carbonyl (C=O) groups is 1. The summed E-state index contributed by atoms with van der Waals surface area (Å²) in [5, 5.41) is 2.81. The van der Waals surface area contributed by atoms with E-state index in [-0.39, 0.29) is 29.1 Å². The molecule has 0 bridgehead atoms. The molecule has 0 aromatic heterocycles. The second-order valence-corrected chi connectivity index (χ2v) is 9.26. The van der Waals surface area contributed by atoms with Crippen molar-refractivity contribution >= 4 is 15.9 Å². The molecule has 2 N–H and O–H groups in total. The molecule has 0 aliphatic heterocycles. The molecule has 0 saturated heterocycles. The standard InChI is InChI=1S/C23H32N2O5S/c1-17(2)30-14-8-13-24-23(26)20(16-19-9-6-5-7-10-19)25-31(27,28)22-15-18(3)11-12-21(22)29-4/h5-7,9-12,15,17,20,25H,8,13-14,16H2,1-4H3,(H,24,26). The Kier molecular flexibility index (Phi) is 9.48. The normalized spacial score (nSPS) is 12.5. The zero-order valence-corrected chi connectivity index (χ0v) is 19.4. The molecule has 0 spiro atoms. The Morgan fingerprint density at radius 2 is 1.81 bits per heavy atom. The topological polar surface area (TPSA) is 93.7 Å². The highest BCUT2D eigenvalue weighted by atomic mass is 32.2. The number of benzene rings is 2. The van der Waals surface area contributed by atoms with E-state index in [0.717, 1.165) is 11.1 Å². The number of carbonyl (C=O) groups excluding carboxylic acids is 1. The van der Waals surface area contributed by atoms with Crippen LogP contribution in [0, 0.1) is 6.92 Å². The molecule has 1 atom stereocenters. The average Bonchev–Trinajstić information content (AvgIpc) is 2.73. The monoisotopic (exact) mass is 448 g/mol. The van der Waals surface area contributed by atoms with Crippen LogP contribution in [0.2, 0.25) is 0 Å². The van der Waals surface area contributed by atoms with Gasteiger partial charge >= 0.3 is 0 Å². The fourth-order valence-electron chi connectivity index (χ4n) is 3.01. The second kappa shape index (κ2) is 11.8. The zero-order valence-electron chi connectivity index (χ0n) is 18.6. The highest BCUT2D eigenvalue weighted by molar-refractivity contribution is 7.89. The molecule has 2 rings (SSSR count). The maximum atomic E-state index is 13.1. The summed E-state index contributed by atoms with van der Waals surface area (Å²) in [5.41, 5.74) is 1.63. The zero-order chi connectivity index (χ0) is 22.9. The van der Waals surface area contributed by atoms with Crippen molar-refractivity contribution in [2.45, 2.75) is 50.7 Å². The Balaban J connectivity index is 2.18. The summed E-state index contributed by atoms with van der Waals surface area (Å²) in [6.45, 7) is 6.61. The number of ether oxygens (including phenoxy) is 2. The highest BCUT2D eigenvalue weighted by Crippen LogP contribution is 2.25. The maximum Gasteiger partial charge on any atom is 0.244 e. The van der Waals surface area contributed by atoms with Crippen molar-refractivity contribution in [1.82, 2.24) is 10.0 Å². The van der Waals surface area contributed by atoms with Crippen LogP contribution in [0.4, 0.5) is 0 Å². The minimum Gasteiger partial charge on any atom is -0.495 e. The summed E-state index contributed by atoms with van der Waals surface area (Å²) in [7, 11) is -2.58. The molecule has 31 heavy (non-hydrogen) atoms. The van der Waals surface area contributed by atoms with Gasteiger partial charge in [-0.3, -0.25) is 4.79 Å². The van der Waals surface area contributed by atoms with Gasteiger partial charge in [-0.25, -0.2) is 8.42 Å². The SMILES string of the molecule is COc1ccc(C)cc1S(=O)(=O)NC(Cc1ccccc1)C(=O)NCCCOC(C)C. The summed E-state index contributed by atoms with van der Waals surface area (Å²) < 4.78 is 39.5. The lowest BCUT2D eigenvalue weighted by atomic mass is 10.1. The molecule has 2 aromatic carbocycles. The largest absolute Gasteiger partial charge is 0.495 e. The Morgan fingerprint density at radius 3 is 2.45 bits per heavy atom. The van der Waals surface area contributed by atoms with Crippen molar-refractivity contribution in [1.29, 1.82) is 0 Å². The van der Waals surface area contributed by atoms with E-state index in [0.29, 0.717) is 19.6 Å². The molecule has 7 nitrogen and oxygen atoms in total. The third-order valence-electron chi connectivity index (χ3n) is 4.58. The van der Waals surface area contributed by atoms with Gasteiger partial charge in [0, 0.05) is 13.2 Å². The Hall–Kier alpha value is -2.42. The van der Waals surface area contributed by atoms with Gasteiger partial charge in [0.2, 0.25) is 15.9 Å². The van der Waals surface area contributed by atoms with Crippen LogP contribution in [0.15, 0.2) is 53.4 Å². The van der Waals surface area contributed by atoms with Crippen molar-refractivity contribution in [2.24, 2.45) is 0 Å². The number of aryl methyl sites for hydroxylation is 1. The van der Waals surface area contributed by atoms with Crippen LogP contribution in [0.1, 0.15) is 31.4 Å². The maximum absolute atomic E-state index is 13.1. The summed E-state index contributed by atoms with van der Waals surface area (Å²) in [4.78, 5) is 12.9. The van der Waals surface area contributed by atoms with Crippen LogP contribution in [-0.4, -0.2) is 46.7 Å². The molecule has 2 aromatic rings. The van der Waals surface area contributed by atoms with Crippen LogP contribution in [0.3, 0.4) is 0 Å². The summed E-state index contributed by atoms with van der Waals surface area (Å²) in [6, 6.07) is 13.2. The van der Waals surface area contributed by atoms with E-state index in [9.17, 15) is 13.2 Å². The number of hydrogen-bond donors (Lipinski definition) is 2. The lowest BCUT2D eigenvalue weighted by Gasteiger charge is -2.20. The van der Waals surface area contributed by atoms with Gasteiger partial charge in [0.1, 0.15) is 16.7 Å². The van der Waals surface area contributed by atoms with Crippen LogP contribution >= 0.6 is 0 Å². The van der Waals surface area contributed by atoms with E-state index >= 15 is 0 Å². The fraction of sp³-hybridized carbons (Fsp3) is 0.435. The third-order valence-corrected chi connectivity index (χ3v) is 6.07. The lowest BCUT2D eigenvalue weighted by Crippen LogP contribution is -2.48. The molecular formula is C23H32N2O5S. The molecular weight excluding hydrogens is 416 g/mol. The van der Waals surface area contributed by atoms with Crippen LogP contribution in [-0.2, 0) is 26.0 Å². The first kappa shape index (κ1) is 24.8. The minimum atomic E-state index is -4.00. The molecule has 0 saturated carbocycles. The van der Waals surface area contributed by atoms with Crippen molar-refractivity contribution in [3.8, 4) is 5.75 Å². The molecule has 0 aliphatic carbocycles. The van der Waals surface area contributed by atoms with Crippen molar-refractivity contribution in [2.75, 3.05) is 20.3 Å². The van der Waals surface area contributed by atoms with Crippen molar-refractivity contribution in [3.05, 3.63) is 59.7 Å². The molecule has 1 amide bonds. The van der Waals surface area contributed by atoms with E-state index in [1.807, 2.05) is 44.2 Å². The first-order valence-corrected chi connectivity index (χ1v) is 11.8. The Bertz CT molecular complexity index is 946. The molecule has 1 unspecified atom stereocenters. The minimum absolute atomic E-state index is 0.00574. The van der Waals surface area contributed by atoms with Gasteiger partial charge < -0.3 is 14.8 Å². The van der Waals surface area contributed by atoms with E-state index < -0.39 is 16.1 Å². The van der Waals surface area contributed by atoms with E-state index in [1.54, 1.807) is 19.1 Å². The number of hydrogen-bond acceptors (Lipinski definition) is 5. The van der Waals surface area contributed by atoms with Crippen LogP contribution in [0.5, 0.6) is 5.75 Å². The Labute approximate surface area is 185 Å². The highest BCUT2D eigenvalue weighted by Gasteiger charge is 2.28. The first-order chi connectivity index (χ1) is 14.7. The van der Waals surface area contributed by atoms with Gasteiger partial charge in [-0.05, 0) is 56.9 Å². The van der Waals surface area contributed by atoms with Gasteiger partial charge in [0.15, 0.2) is 0 Å². The van der Waals surface area contributed by atoms with Gasteiger partial charge in [-0.2, -0.15) is 4.72 Å². The molecule has 0 aliphatic rings. The first-order valence-electron chi connectivity index (χ1n) is 10.3. The van der Waals surface area contributed by atoms with Crippen LogP contribution < -0.4 is 14.8 Å². The second-order valence-electron chi connectivity index (χ2n) is 7.58. The Morgan fingerprint density at radius 1 is 1.10 bits per heavy atom. The van der Waals surface area contributed by atoms with Gasteiger partial charge in [0.25, 0.3) is 0 Å². The third kappa shape index (κ3) is 7.97. The molecule has 0 radical (unpaired) electrons. The summed E-state index contributed by atoms with van der Waals surface area (Å²) in [6.07, 6.45) is 0.987. The van der Waals surface area contributed by atoms with E-state index in [2.05, 4.69) is 10.0 Å². The van der Waals surface area contributed by atoms with E-state index in [1.165, 1.54) is 13.2 Å². The molecule has 0 heterocycles. The van der Waals surface area contributed by atoms with Crippen molar-refractivity contribution < 1.29 is 22.7 Å². The average molecular weight is 449 g/mol. The van der Waals surface area contributed by atoms with Crippen molar-refractivity contribution in [3.63, 3.8) is 0 Å². The van der Waals surface area contributed by atoms with Crippen LogP contribution in [0.25, 0.3) is 0 Å². The number of nitrogens with one attached hydrogen (secondary N) is 2. The number of rotatable bonds is 12. The summed E-state index contributed by atoms with van der Waals surface area (Å²) >= 11 is 0.